The first-order valence-corrected chi connectivity index (χ1v) is 10.3. The van der Waals surface area contributed by atoms with Gasteiger partial charge in [0.15, 0.2) is 11.9 Å². The van der Waals surface area contributed by atoms with Crippen LogP contribution in [0.25, 0.3) is 0 Å². The molecule has 1 aliphatic carbocycles. The number of benzene rings is 1. The molecule has 1 saturated carbocycles. The van der Waals surface area contributed by atoms with Crippen LogP contribution in [0.2, 0.25) is 0 Å². The van der Waals surface area contributed by atoms with Gasteiger partial charge in [-0.15, -0.1) is 0 Å². The van der Waals surface area contributed by atoms with Gasteiger partial charge in [0.2, 0.25) is 10.0 Å². The summed E-state index contributed by atoms with van der Waals surface area (Å²) in [5.41, 5.74) is 0.0990. The molecule has 1 aliphatic heterocycles. The number of carbonyl (C=O) groups excluding carboxylic acids is 2. The minimum Gasteiger partial charge on any atom is -0.495 e. The molecular weight excluding hydrogens is 358 g/mol. The largest absolute Gasteiger partial charge is 0.495 e. The van der Waals surface area contributed by atoms with E-state index in [1.54, 1.807) is 0 Å². The SMILES string of the molecule is COc1ccc(C(=O)O[C@H]2CCCCC2=O)cc1S(=O)(=O)N1CCCC1. The fraction of sp³-hybridized carbons (Fsp3) is 0.556. The molecule has 0 radical (unpaired) electrons. The Morgan fingerprint density at radius 3 is 2.54 bits per heavy atom. The van der Waals surface area contributed by atoms with Gasteiger partial charge in [0.1, 0.15) is 10.6 Å². The predicted octanol–water partition coefficient (Wildman–Crippen LogP) is 2.15. The summed E-state index contributed by atoms with van der Waals surface area (Å²) in [5, 5.41) is 0. The van der Waals surface area contributed by atoms with Crippen molar-refractivity contribution < 1.29 is 27.5 Å². The van der Waals surface area contributed by atoms with Gasteiger partial charge in [0, 0.05) is 19.5 Å². The Morgan fingerprint density at radius 2 is 1.88 bits per heavy atom. The fourth-order valence-electron chi connectivity index (χ4n) is 3.35. The number of ketones is 1. The van der Waals surface area contributed by atoms with Crippen LogP contribution in [-0.4, -0.2) is 50.8 Å². The van der Waals surface area contributed by atoms with E-state index in [0.29, 0.717) is 25.9 Å². The number of nitrogens with zero attached hydrogens (tertiary/aromatic N) is 1. The molecule has 3 rings (SSSR count). The van der Waals surface area contributed by atoms with Gasteiger partial charge < -0.3 is 9.47 Å². The maximum atomic E-state index is 12.9. The van der Waals surface area contributed by atoms with Crippen molar-refractivity contribution in [2.75, 3.05) is 20.2 Å². The Morgan fingerprint density at radius 1 is 1.15 bits per heavy atom. The van der Waals surface area contributed by atoms with E-state index in [1.807, 2.05) is 0 Å². The first kappa shape index (κ1) is 18.8. The molecule has 1 heterocycles. The highest BCUT2D eigenvalue weighted by Crippen LogP contribution is 2.30. The number of hydrogen-bond acceptors (Lipinski definition) is 6. The summed E-state index contributed by atoms with van der Waals surface area (Å²) in [6.07, 6.45) is 3.46. The summed E-state index contributed by atoms with van der Waals surface area (Å²) in [5.74, 6) is -0.587. The zero-order valence-corrected chi connectivity index (χ0v) is 15.6. The zero-order chi connectivity index (χ0) is 18.7. The van der Waals surface area contributed by atoms with Gasteiger partial charge in [-0.25, -0.2) is 13.2 Å². The summed E-state index contributed by atoms with van der Waals surface area (Å²) in [6, 6.07) is 4.18. The highest BCUT2D eigenvalue weighted by atomic mass is 32.2. The number of methoxy groups -OCH3 is 1. The van der Waals surface area contributed by atoms with Crippen molar-refractivity contribution in [1.29, 1.82) is 0 Å². The lowest BCUT2D eigenvalue weighted by Crippen LogP contribution is -2.30. The second-order valence-electron chi connectivity index (χ2n) is 6.58. The third-order valence-corrected chi connectivity index (χ3v) is 6.75. The number of esters is 1. The molecule has 0 bridgehead atoms. The smallest absolute Gasteiger partial charge is 0.338 e. The summed E-state index contributed by atoms with van der Waals surface area (Å²) >= 11 is 0. The van der Waals surface area contributed by atoms with Gasteiger partial charge in [-0.3, -0.25) is 4.79 Å². The van der Waals surface area contributed by atoms with E-state index in [2.05, 4.69) is 0 Å². The molecule has 1 saturated heterocycles. The third-order valence-electron chi connectivity index (χ3n) is 4.83. The highest BCUT2D eigenvalue weighted by molar-refractivity contribution is 7.89. The van der Waals surface area contributed by atoms with E-state index in [4.69, 9.17) is 9.47 Å². The summed E-state index contributed by atoms with van der Waals surface area (Å²) in [7, 11) is -2.36. The van der Waals surface area contributed by atoms with E-state index >= 15 is 0 Å². The van der Waals surface area contributed by atoms with Crippen LogP contribution in [0.1, 0.15) is 48.9 Å². The Hall–Kier alpha value is -1.93. The standard InChI is InChI=1S/C18H23NO6S/c1-24-16-9-8-13(18(21)25-15-7-3-2-6-14(15)20)12-17(16)26(22,23)19-10-4-5-11-19/h8-9,12,15H,2-7,10-11H2,1H3/t15-/m0/s1. The van der Waals surface area contributed by atoms with Gasteiger partial charge >= 0.3 is 5.97 Å². The fourth-order valence-corrected chi connectivity index (χ4v) is 5.04. The van der Waals surface area contributed by atoms with Crippen LogP contribution in [0.3, 0.4) is 0 Å². The van der Waals surface area contributed by atoms with E-state index in [0.717, 1.165) is 25.7 Å². The zero-order valence-electron chi connectivity index (χ0n) is 14.8. The molecule has 0 amide bonds. The van der Waals surface area contributed by atoms with Crippen molar-refractivity contribution >= 4 is 21.8 Å². The normalized spacial score (nSPS) is 21.6. The predicted molar refractivity (Wildman–Crippen MR) is 93.7 cm³/mol. The van der Waals surface area contributed by atoms with Crippen molar-refractivity contribution in [2.24, 2.45) is 0 Å². The number of Topliss-reactive ketones (excluding diaryl/α,β-unsaturated/α-hetero) is 1. The maximum absolute atomic E-state index is 12.9. The van der Waals surface area contributed by atoms with Crippen LogP contribution >= 0.6 is 0 Å². The Kier molecular flexibility index (Phi) is 5.62. The van der Waals surface area contributed by atoms with E-state index in [1.165, 1.54) is 29.6 Å². The van der Waals surface area contributed by atoms with Crippen LogP contribution in [0, 0.1) is 0 Å². The van der Waals surface area contributed by atoms with Crippen LogP contribution in [-0.2, 0) is 19.6 Å². The minimum absolute atomic E-state index is 0.0497. The quantitative estimate of drug-likeness (QED) is 0.726. The molecule has 26 heavy (non-hydrogen) atoms. The molecule has 142 valence electrons. The molecule has 7 nitrogen and oxygen atoms in total. The minimum atomic E-state index is -3.75. The average molecular weight is 381 g/mol. The molecule has 2 fully saturated rings. The van der Waals surface area contributed by atoms with Crippen LogP contribution in [0.15, 0.2) is 23.1 Å². The summed E-state index contributed by atoms with van der Waals surface area (Å²) in [4.78, 5) is 24.2. The van der Waals surface area contributed by atoms with Crippen molar-refractivity contribution in [3.05, 3.63) is 23.8 Å². The lowest BCUT2D eigenvalue weighted by molar-refractivity contribution is -0.129. The monoisotopic (exact) mass is 381 g/mol. The van der Waals surface area contributed by atoms with E-state index < -0.39 is 22.1 Å². The van der Waals surface area contributed by atoms with E-state index in [-0.39, 0.29) is 22.0 Å². The molecule has 0 N–H and O–H groups in total. The number of carbonyl (C=O) groups is 2. The van der Waals surface area contributed by atoms with Gasteiger partial charge in [0.25, 0.3) is 0 Å². The third kappa shape index (κ3) is 3.76. The summed E-state index contributed by atoms with van der Waals surface area (Å²) in [6.45, 7) is 0.910. The van der Waals surface area contributed by atoms with Crippen molar-refractivity contribution in [3.8, 4) is 5.75 Å². The van der Waals surface area contributed by atoms with Gasteiger partial charge in [-0.1, -0.05) is 0 Å². The highest BCUT2D eigenvalue weighted by Gasteiger charge is 2.32. The van der Waals surface area contributed by atoms with Crippen LogP contribution < -0.4 is 4.74 Å². The van der Waals surface area contributed by atoms with Gasteiger partial charge in [0.05, 0.1) is 12.7 Å². The van der Waals surface area contributed by atoms with Crippen LogP contribution in [0.4, 0.5) is 0 Å². The van der Waals surface area contributed by atoms with E-state index in [9.17, 15) is 18.0 Å². The molecular formula is C18H23NO6S. The van der Waals surface area contributed by atoms with Gasteiger partial charge in [-0.05, 0) is 50.3 Å². The maximum Gasteiger partial charge on any atom is 0.338 e. The van der Waals surface area contributed by atoms with Gasteiger partial charge in [-0.2, -0.15) is 4.31 Å². The Balaban J connectivity index is 1.87. The molecule has 1 aromatic rings. The molecule has 0 spiro atoms. The van der Waals surface area contributed by atoms with Crippen LogP contribution in [0.5, 0.6) is 5.75 Å². The first-order valence-electron chi connectivity index (χ1n) is 8.85. The lowest BCUT2D eigenvalue weighted by Gasteiger charge is -2.21. The second kappa shape index (κ2) is 7.75. The lowest BCUT2D eigenvalue weighted by atomic mass is 9.96. The Bertz CT molecular complexity index is 798. The molecule has 0 aromatic heterocycles. The number of ether oxygens (including phenoxy) is 2. The topological polar surface area (TPSA) is 90.0 Å². The molecule has 8 heteroatoms. The Labute approximate surface area is 153 Å². The van der Waals surface area contributed by atoms with Crippen molar-refractivity contribution in [1.82, 2.24) is 4.31 Å². The number of rotatable bonds is 5. The summed E-state index contributed by atoms with van der Waals surface area (Å²) < 4.78 is 37.6. The number of hydrogen-bond donors (Lipinski definition) is 0. The van der Waals surface area contributed by atoms with Crippen molar-refractivity contribution in [2.45, 2.75) is 49.5 Å². The molecule has 1 atom stereocenters. The molecule has 2 aliphatic rings. The second-order valence-corrected chi connectivity index (χ2v) is 8.49. The number of sulfonamides is 1. The first-order chi connectivity index (χ1) is 12.4. The van der Waals surface area contributed by atoms with Crippen molar-refractivity contribution in [3.63, 3.8) is 0 Å². The molecule has 1 aromatic carbocycles. The molecule has 0 unspecified atom stereocenters. The average Bonchev–Trinajstić information content (AvgIpc) is 3.18.